The van der Waals surface area contributed by atoms with Crippen molar-refractivity contribution in [1.82, 2.24) is 10.6 Å². The molecule has 8 heteroatoms. The van der Waals surface area contributed by atoms with Crippen molar-refractivity contribution in [3.05, 3.63) is 59.2 Å². The van der Waals surface area contributed by atoms with Gasteiger partial charge >= 0.3 is 24.8 Å². The van der Waals surface area contributed by atoms with E-state index in [1.165, 1.54) is 38.5 Å². The molecule has 4 aliphatic carbocycles. The summed E-state index contributed by atoms with van der Waals surface area (Å²) in [5, 5.41) is 15.0. The minimum atomic E-state index is -1.00. The number of aryl methyl sites for hydroxylation is 2. The summed E-state index contributed by atoms with van der Waals surface area (Å²) in [6, 6.07) is 12.8. The molecule has 2 aromatic rings. The maximum atomic E-state index is 12.8. The Balaban J connectivity index is 0.000000257. The van der Waals surface area contributed by atoms with Crippen molar-refractivity contribution >= 4 is 48.9 Å². The second-order valence-corrected chi connectivity index (χ2v) is 13.1. The molecule has 0 heterocycles. The molecule has 6 nitrogen and oxygen atoms in total. The summed E-state index contributed by atoms with van der Waals surface area (Å²) in [7, 11) is 0. The molecule has 1 unspecified atom stereocenters. The van der Waals surface area contributed by atoms with Gasteiger partial charge in [-0.2, -0.15) is 11.8 Å². The maximum absolute atomic E-state index is 12.8. The normalized spacial score (nSPS) is 24.3. The zero-order valence-corrected chi connectivity index (χ0v) is 24.9. The van der Waals surface area contributed by atoms with Crippen LogP contribution in [0.2, 0.25) is 0 Å². The summed E-state index contributed by atoms with van der Waals surface area (Å²) in [6.45, 7) is 5.02. The first-order valence-corrected chi connectivity index (χ1v) is 16.1. The van der Waals surface area contributed by atoms with Crippen molar-refractivity contribution < 1.29 is 19.5 Å². The fraction of sp³-hybridized carbons (Fsp3) is 0.545. The van der Waals surface area contributed by atoms with Gasteiger partial charge in [-0.25, -0.2) is 4.79 Å². The van der Waals surface area contributed by atoms with Crippen LogP contribution in [0.1, 0.15) is 73.4 Å². The van der Waals surface area contributed by atoms with Gasteiger partial charge in [0, 0.05) is 12.1 Å². The van der Waals surface area contributed by atoms with Gasteiger partial charge in [0.05, 0.1) is 0 Å². The molecule has 3 N–H and O–H groups in total. The van der Waals surface area contributed by atoms with Gasteiger partial charge < -0.3 is 15.7 Å². The number of rotatable bonds is 11. The van der Waals surface area contributed by atoms with E-state index in [-0.39, 0.29) is 24.8 Å². The third kappa shape index (κ3) is 8.43. The predicted octanol–water partition coefficient (Wildman–Crippen LogP) is 5.46. The van der Waals surface area contributed by atoms with Gasteiger partial charge in [0.15, 0.2) is 0 Å². The number of nitrogens with one attached hydrogen (secondary N) is 2. The summed E-state index contributed by atoms with van der Waals surface area (Å²) in [5.74, 6) is 2.31. The molecule has 4 fully saturated rings. The Labute approximate surface area is 261 Å². The van der Waals surface area contributed by atoms with E-state index in [2.05, 4.69) is 17.6 Å². The number of carboxylic acid groups (broad SMARTS) is 1. The molecule has 1 atom stereocenters. The Morgan fingerprint density at radius 3 is 2.22 bits per heavy atom. The van der Waals surface area contributed by atoms with E-state index in [4.69, 9.17) is 0 Å². The van der Waals surface area contributed by atoms with Crippen molar-refractivity contribution in [3.8, 4) is 11.1 Å². The summed E-state index contributed by atoms with van der Waals surface area (Å²) in [4.78, 5) is 34.7. The SMILES string of the molecule is CCc1ccc(C(=O)NC(CCSC)C(=O)O)c(-c2ccccc2C)c1.O=CNCC12CC3CC(CC(C3)C1)C2.[LiH]. The van der Waals surface area contributed by atoms with Gasteiger partial charge in [-0.15, -0.1) is 0 Å². The number of carbonyl (C=O) groups is 3. The van der Waals surface area contributed by atoms with Crippen molar-refractivity contribution in [2.45, 2.75) is 71.3 Å². The monoisotopic (exact) mass is 572 g/mol. The molecular weight excluding hydrogens is 527 g/mol. The molecule has 4 saturated carbocycles. The van der Waals surface area contributed by atoms with Crippen molar-refractivity contribution in [3.63, 3.8) is 0 Å². The zero-order chi connectivity index (χ0) is 28.7. The van der Waals surface area contributed by atoms with Gasteiger partial charge in [-0.3, -0.25) is 9.59 Å². The standard InChI is InChI=1S/C21H25NO3S.C12H19NO.Li.H/c1-4-15-9-10-17(18(13-15)16-8-6-5-7-14(16)2)20(23)22-19(21(24)25)11-12-26-3;14-8-13-7-12-4-9-1-10(5-12)3-11(2-9)6-12;;/h5-10,13,19H,4,11-12H2,1-3H3,(H,22,23)(H,24,25);8-11H,1-7H2,(H,13,14);;. The second-order valence-electron chi connectivity index (χ2n) is 12.1. The molecule has 2 amide bonds. The van der Waals surface area contributed by atoms with Gasteiger partial charge in [0.1, 0.15) is 6.04 Å². The zero-order valence-electron chi connectivity index (χ0n) is 24.1. The topological polar surface area (TPSA) is 95.5 Å². The second kappa shape index (κ2) is 15.3. The molecule has 0 saturated heterocycles. The number of thioether (sulfide) groups is 1. The fourth-order valence-electron chi connectivity index (χ4n) is 7.60. The Bertz CT molecular complexity index is 1170. The van der Waals surface area contributed by atoms with Gasteiger partial charge in [0.2, 0.25) is 6.41 Å². The number of benzene rings is 2. The number of aliphatic carboxylic acids is 1. The molecule has 218 valence electrons. The van der Waals surface area contributed by atoms with Crippen LogP contribution in [0, 0.1) is 30.1 Å². The molecule has 6 rings (SSSR count). The predicted molar refractivity (Wildman–Crippen MR) is 170 cm³/mol. The van der Waals surface area contributed by atoms with E-state index in [1.54, 1.807) is 17.8 Å². The first-order valence-electron chi connectivity index (χ1n) is 14.7. The molecule has 4 aliphatic rings. The summed E-state index contributed by atoms with van der Waals surface area (Å²) in [6.07, 6.45) is 12.7. The molecule has 0 spiro atoms. The van der Waals surface area contributed by atoms with Gasteiger partial charge in [-0.1, -0.05) is 43.3 Å². The van der Waals surface area contributed by atoms with Crippen molar-refractivity contribution in [1.29, 1.82) is 0 Å². The number of hydrogen-bond donors (Lipinski definition) is 3. The number of hydrogen-bond acceptors (Lipinski definition) is 4. The third-order valence-electron chi connectivity index (χ3n) is 9.11. The Morgan fingerprint density at radius 1 is 1.05 bits per heavy atom. The van der Waals surface area contributed by atoms with E-state index < -0.39 is 12.0 Å². The van der Waals surface area contributed by atoms with Crippen LogP contribution in [0.5, 0.6) is 0 Å². The van der Waals surface area contributed by atoms with Crippen LogP contribution in [0.3, 0.4) is 0 Å². The molecule has 0 aromatic heterocycles. The molecule has 41 heavy (non-hydrogen) atoms. The minimum absolute atomic E-state index is 0. The van der Waals surface area contributed by atoms with Crippen molar-refractivity contribution in [2.24, 2.45) is 23.2 Å². The molecule has 0 aliphatic heterocycles. The average Bonchev–Trinajstić information content (AvgIpc) is 2.93. The third-order valence-corrected chi connectivity index (χ3v) is 9.76. The first-order chi connectivity index (χ1) is 19.3. The Kier molecular flexibility index (Phi) is 12.4. The van der Waals surface area contributed by atoms with Crippen LogP contribution in [0.15, 0.2) is 42.5 Å². The van der Waals surface area contributed by atoms with E-state index in [1.807, 2.05) is 49.6 Å². The van der Waals surface area contributed by atoms with E-state index >= 15 is 0 Å². The van der Waals surface area contributed by atoms with E-state index in [0.717, 1.165) is 59.4 Å². The fourth-order valence-corrected chi connectivity index (χ4v) is 8.07. The van der Waals surface area contributed by atoms with Gasteiger partial charge in [-0.05, 0) is 122 Å². The van der Waals surface area contributed by atoms with Crippen LogP contribution >= 0.6 is 11.8 Å². The first kappa shape index (κ1) is 33.3. The van der Waals surface area contributed by atoms with Crippen LogP contribution in [0.4, 0.5) is 0 Å². The number of amides is 2. The molecule has 2 aromatic carbocycles. The number of carbonyl (C=O) groups excluding carboxylic acids is 2. The average molecular weight is 573 g/mol. The molecule has 4 bridgehead atoms. The van der Waals surface area contributed by atoms with Crippen LogP contribution in [-0.4, -0.2) is 66.8 Å². The van der Waals surface area contributed by atoms with Crippen molar-refractivity contribution in [2.75, 3.05) is 18.6 Å². The van der Waals surface area contributed by atoms with Crippen LogP contribution < -0.4 is 10.6 Å². The quantitative estimate of drug-likeness (QED) is 0.246. The molecule has 0 radical (unpaired) electrons. The van der Waals surface area contributed by atoms with Crippen LogP contribution in [0.25, 0.3) is 11.1 Å². The van der Waals surface area contributed by atoms with Gasteiger partial charge in [0.25, 0.3) is 5.91 Å². The molecular formula is C33H45LiN2O4S. The number of carboxylic acids is 1. The Morgan fingerprint density at radius 2 is 1.68 bits per heavy atom. The van der Waals surface area contributed by atoms with E-state index in [9.17, 15) is 19.5 Å². The summed E-state index contributed by atoms with van der Waals surface area (Å²) >= 11 is 1.56. The summed E-state index contributed by atoms with van der Waals surface area (Å²) < 4.78 is 0. The summed E-state index contributed by atoms with van der Waals surface area (Å²) in [5.41, 5.74) is 5.06. The van der Waals surface area contributed by atoms with E-state index in [0.29, 0.717) is 23.2 Å². The Hall–Kier alpha value is -2.20. The van der Waals surface area contributed by atoms with Crippen LogP contribution in [-0.2, 0) is 16.0 Å².